The van der Waals surface area contributed by atoms with E-state index in [1.54, 1.807) is 18.2 Å². The van der Waals surface area contributed by atoms with Crippen LogP contribution in [-0.4, -0.2) is 16.8 Å². The van der Waals surface area contributed by atoms with Crippen LogP contribution in [0.5, 0.6) is 0 Å². The molecule has 2 aromatic carbocycles. The first-order valence-corrected chi connectivity index (χ1v) is 8.86. The van der Waals surface area contributed by atoms with Crippen LogP contribution in [0.15, 0.2) is 54.6 Å². The third-order valence-electron chi connectivity index (χ3n) is 4.33. The summed E-state index contributed by atoms with van der Waals surface area (Å²) in [5.41, 5.74) is 11.1. The molecule has 142 valence electrons. The summed E-state index contributed by atoms with van der Waals surface area (Å²) >= 11 is 0. The Kier molecular flexibility index (Phi) is 5.40. The fraction of sp³-hybridized carbons (Fsp3) is 0.136. The monoisotopic (exact) mass is 374 g/mol. The Morgan fingerprint density at radius 1 is 0.893 bits per heavy atom. The Balaban J connectivity index is 1.85. The third-order valence-corrected chi connectivity index (χ3v) is 4.33. The van der Waals surface area contributed by atoms with Gasteiger partial charge in [-0.05, 0) is 61.4 Å². The molecule has 6 heteroatoms. The highest BCUT2D eigenvalue weighted by Crippen LogP contribution is 2.31. The number of nitrogens with two attached hydrogens (primary N) is 1. The summed E-state index contributed by atoms with van der Waals surface area (Å²) in [6.07, 6.45) is 0. The molecule has 3 aromatic rings. The van der Waals surface area contributed by atoms with E-state index in [1.165, 1.54) is 6.92 Å². The average molecular weight is 374 g/mol. The van der Waals surface area contributed by atoms with E-state index >= 15 is 0 Å². The predicted octanol–water partition coefficient (Wildman–Crippen LogP) is 4.16. The molecular weight excluding hydrogens is 352 g/mol. The van der Waals surface area contributed by atoms with Crippen LogP contribution < -0.4 is 16.4 Å². The standard InChI is InChI=1S/C22H22N4O2/c1-13-4-7-16(8-5-13)22(28)26-20-11-10-18(21(23)25-20)19-12-17(24-15(3)27)9-6-14(19)2/h4-12H,1-3H3,(H,24,27)(H3,23,25,26,28). The van der Waals surface area contributed by atoms with Crippen molar-refractivity contribution >= 4 is 29.1 Å². The molecule has 1 heterocycles. The summed E-state index contributed by atoms with van der Waals surface area (Å²) in [5.74, 6) is 0.283. The van der Waals surface area contributed by atoms with E-state index in [4.69, 9.17) is 5.73 Å². The first kappa shape index (κ1) is 19.1. The van der Waals surface area contributed by atoms with Crippen LogP contribution in [0.1, 0.15) is 28.4 Å². The van der Waals surface area contributed by atoms with Crippen molar-refractivity contribution in [2.45, 2.75) is 20.8 Å². The maximum absolute atomic E-state index is 12.4. The van der Waals surface area contributed by atoms with Gasteiger partial charge in [0, 0.05) is 23.7 Å². The number of hydrogen-bond acceptors (Lipinski definition) is 4. The molecule has 0 spiro atoms. The molecule has 0 atom stereocenters. The normalized spacial score (nSPS) is 10.4. The van der Waals surface area contributed by atoms with Gasteiger partial charge >= 0.3 is 0 Å². The third kappa shape index (κ3) is 4.35. The van der Waals surface area contributed by atoms with E-state index in [1.807, 2.05) is 50.2 Å². The number of aromatic nitrogens is 1. The Morgan fingerprint density at radius 3 is 2.25 bits per heavy atom. The van der Waals surface area contributed by atoms with Crippen molar-refractivity contribution in [2.75, 3.05) is 16.4 Å². The average Bonchev–Trinajstić information content (AvgIpc) is 2.64. The minimum atomic E-state index is -0.247. The van der Waals surface area contributed by atoms with Crippen LogP contribution >= 0.6 is 0 Å². The van der Waals surface area contributed by atoms with Crippen molar-refractivity contribution in [1.82, 2.24) is 4.98 Å². The van der Waals surface area contributed by atoms with E-state index in [0.29, 0.717) is 22.9 Å². The van der Waals surface area contributed by atoms with E-state index in [0.717, 1.165) is 22.3 Å². The Bertz CT molecular complexity index is 1040. The molecule has 0 saturated heterocycles. The summed E-state index contributed by atoms with van der Waals surface area (Å²) < 4.78 is 0. The van der Waals surface area contributed by atoms with E-state index < -0.39 is 0 Å². The van der Waals surface area contributed by atoms with Gasteiger partial charge in [-0.3, -0.25) is 9.59 Å². The zero-order chi connectivity index (χ0) is 20.3. The van der Waals surface area contributed by atoms with Crippen LogP contribution in [0, 0.1) is 13.8 Å². The number of carbonyl (C=O) groups excluding carboxylic acids is 2. The fourth-order valence-corrected chi connectivity index (χ4v) is 2.86. The molecule has 0 bridgehead atoms. The number of nitrogens with zero attached hydrogens (tertiary/aromatic N) is 1. The molecule has 0 aliphatic carbocycles. The van der Waals surface area contributed by atoms with E-state index in [2.05, 4.69) is 15.6 Å². The first-order chi connectivity index (χ1) is 13.3. The Morgan fingerprint density at radius 2 is 1.61 bits per heavy atom. The summed E-state index contributed by atoms with van der Waals surface area (Å²) in [7, 11) is 0. The van der Waals surface area contributed by atoms with Crippen LogP contribution in [0.2, 0.25) is 0 Å². The lowest BCUT2D eigenvalue weighted by Gasteiger charge is -2.13. The van der Waals surface area contributed by atoms with Crippen molar-refractivity contribution in [2.24, 2.45) is 0 Å². The smallest absolute Gasteiger partial charge is 0.256 e. The zero-order valence-corrected chi connectivity index (χ0v) is 16.0. The lowest BCUT2D eigenvalue weighted by atomic mass is 10.0. The highest BCUT2D eigenvalue weighted by molar-refractivity contribution is 6.04. The van der Waals surface area contributed by atoms with E-state index in [9.17, 15) is 9.59 Å². The molecule has 6 nitrogen and oxygen atoms in total. The maximum Gasteiger partial charge on any atom is 0.256 e. The Labute approximate surface area is 163 Å². The number of hydrogen-bond donors (Lipinski definition) is 3. The minimum Gasteiger partial charge on any atom is -0.383 e. The number of carbonyl (C=O) groups is 2. The van der Waals surface area contributed by atoms with Crippen molar-refractivity contribution in [3.05, 3.63) is 71.3 Å². The first-order valence-electron chi connectivity index (χ1n) is 8.86. The molecule has 28 heavy (non-hydrogen) atoms. The molecule has 0 aliphatic heterocycles. The second-order valence-corrected chi connectivity index (χ2v) is 6.66. The number of pyridine rings is 1. The number of aryl methyl sites for hydroxylation is 2. The fourth-order valence-electron chi connectivity index (χ4n) is 2.86. The topological polar surface area (TPSA) is 97.1 Å². The lowest BCUT2D eigenvalue weighted by Crippen LogP contribution is -2.13. The van der Waals surface area contributed by atoms with Crippen LogP contribution in [0.3, 0.4) is 0 Å². The number of nitrogens with one attached hydrogen (secondary N) is 2. The summed E-state index contributed by atoms with van der Waals surface area (Å²) in [4.78, 5) is 28.0. The molecule has 1 aromatic heterocycles. The second-order valence-electron chi connectivity index (χ2n) is 6.66. The molecule has 0 aliphatic rings. The number of rotatable bonds is 4. The number of anilines is 3. The quantitative estimate of drug-likeness (QED) is 0.639. The lowest BCUT2D eigenvalue weighted by molar-refractivity contribution is -0.114. The Hall–Kier alpha value is -3.67. The molecule has 0 saturated carbocycles. The van der Waals surface area contributed by atoms with Gasteiger partial charge < -0.3 is 16.4 Å². The number of nitrogen functional groups attached to an aromatic ring is 1. The van der Waals surface area contributed by atoms with Gasteiger partial charge in [-0.15, -0.1) is 0 Å². The SMILES string of the molecule is CC(=O)Nc1ccc(C)c(-c2ccc(NC(=O)c3ccc(C)cc3)nc2N)c1. The molecular formula is C22H22N4O2. The summed E-state index contributed by atoms with van der Waals surface area (Å²) in [6, 6.07) is 16.4. The van der Waals surface area contributed by atoms with Crippen molar-refractivity contribution in [3.63, 3.8) is 0 Å². The predicted molar refractivity (Wildman–Crippen MR) is 112 cm³/mol. The molecule has 0 fully saturated rings. The van der Waals surface area contributed by atoms with Gasteiger partial charge in [0.05, 0.1) is 0 Å². The van der Waals surface area contributed by atoms with Crippen molar-refractivity contribution in [1.29, 1.82) is 0 Å². The largest absolute Gasteiger partial charge is 0.383 e. The van der Waals surface area contributed by atoms with Gasteiger partial charge in [0.2, 0.25) is 5.91 Å². The van der Waals surface area contributed by atoms with Gasteiger partial charge in [-0.25, -0.2) is 4.98 Å². The summed E-state index contributed by atoms with van der Waals surface area (Å²) in [6.45, 7) is 5.38. The second kappa shape index (κ2) is 7.92. The van der Waals surface area contributed by atoms with E-state index in [-0.39, 0.29) is 11.8 Å². The number of amides is 2. The van der Waals surface area contributed by atoms with Gasteiger partial charge in [0.25, 0.3) is 5.91 Å². The zero-order valence-electron chi connectivity index (χ0n) is 16.0. The van der Waals surface area contributed by atoms with Crippen LogP contribution in [0.25, 0.3) is 11.1 Å². The van der Waals surface area contributed by atoms with Gasteiger partial charge in [0.1, 0.15) is 11.6 Å². The molecule has 0 unspecified atom stereocenters. The molecule has 3 rings (SSSR count). The molecule has 0 radical (unpaired) electrons. The highest BCUT2D eigenvalue weighted by Gasteiger charge is 2.12. The van der Waals surface area contributed by atoms with Crippen molar-refractivity contribution < 1.29 is 9.59 Å². The van der Waals surface area contributed by atoms with Gasteiger partial charge in [0.15, 0.2) is 0 Å². The minimum absolute atomic E-state index is 0.143. The van der Waals surface area contributed by atoms with Gasteiger partial charge in [-0.1, -0.05) is 23.8 Å². The van der Waals surface area contributed by atoms with Gasteiger partial charge in [-0.2, -0.15) is 0 Å². The highest BCUT2D eigenvalue weighted by atomic mass is 16.2. The maximum atomic E-state index is 12.4. The molecule has 2 amide bonds. The molecule has 4 N–H and O–H groups in total. The van der Waals surface area contributed by atoms with Crippen LogP contribution in [0.4, 0.5) is 17.3 Å². The van der Waals surface area contributed by atoms with Crippen LogP contribution in [-0.2, 0) is 4.79 Å². The summed E-state index contributed by atoms with van der Waals surface area (Å²) in [5, 5.41) is 5.53. The number of benzene rings is 2. The van der Waals surface area contributed by atoms with Crippen molar-refractivity contribution in [3.8, 4) is 11.1 Å².